The fraction of sp³-hybridized carbons (Fsp3) is 0.692. The predicted molar refractivity (Wildman–Crippen MR) is 72.4 cm³/mol. The first-order chi connectivity index (χ1) is 10.7. The average Bonchev–Trinajstić information content (AvgIpc) is 3.22. The van der Waals surface area contributed by atoms with E-state index in [9.17, 15) is 24.6 Å². The summed E-state index contributed by atoms with van der Waals surface area (Å²) >= 11 is 0. The normalized spacial score (nSPS) is 31.5. The molecule has 5 atom stereocenters. The summed E-state index contributed by atoms with van der Waals surface area (Å²) < 4.78 is 0. The first-order valence-corrected chi connectivity index (χ1v) is 6.95. The van der Waals surface area contributed by atoms with E-state index in [1.54, 1.807) is 0 Å². The number of carbonyl (C=O) groups is 3. The van der Waals surface area contributed by atoms with Crippen LogP contribution in [0.5, 0.6) is 0 Å². The molecule has 0 bridgehead atoms. The van der Waals surface area contributed by atoms with Gasteiger partial charge in [-0.05, 0) is 25.2 Å². The van der Waals surface area contributed by atoms with Crippen molar-refractivity contribution >= 4 is 23.9 Å². The molecule has 2 aliphatic carbocycles. The highest BCUT2D eigenvalue weighted by Crippen LogP contribution is 2.57. The minimum atomic E-state index is -1.43. The lowest BCUT2D eigenvalue weighted by Crippen LogP contribution is -2.60. The quantitative estimate of drug-likeness (QED) is 0.359. The summed E-state index contributed by atoms with van der Waals surface area (Å²) in [4.78, 5) is 50.9. The van der Waals surface area contributed by atoms with Crippen LogP contribution in [-0.4, -0.2) is 58.4 Å². The van der Waals surface area contributed by atoms with E-state index in [2.05, 4.69) is 10.6 Å². The summed E-state index contributed by atoms with van der Waals surface area (Å²) in [6.45, 7) is 1.21. The number of rotatable bonds is 5. The van der Waals surface area contributed by atoms with Crippen molar-refractivity contribution in [3.63, 3.8) is 0 Å². The number of nitrogens with two attached hydrogens (primary N) is 1. The number of nitrogens with one attached hydrogen (secondary N) is 2. The highest BCUT2D eigenvalue weighted by atomic mass is 16.4. The van der Waals surface area contributed by atoms with Crippen molar-refractivity contribution in [3.05, 3.63) is 0 Å². The molecule has 0 aromatic heterocycles. The number of aliphatic carboxylic acids is 1. The van der Waals surface area contributed by atoms with Gasteiger partial charge in [0.05, 0.1) is 12.6 Å². The Labute approximate surface area is 131 Å². The SMILES string of the molecule is C[C@H](NC(=O)CN)C(=O)N[C@@]1(C(=O)O)C[C@H](O)[C@H]2C[C@H]21.O=C=O. The highest BCUT2D eigenvalue weighted by Gasteiger charge is 2.67. The van der Waals surface area contributed by atoms with Gasteiger partial charge < -0.3 is 26.6 Å². The minimum Gasteiger partial charge on any atom is -0.479 e. The van der Waals surface area contributed by atoms with E-state index in [-0.39, 0.29) is 31.0 Å². The third-order valence-corrected chi connectivity index (χ3v) is 4.18. The molecule has 10 nitrogen and oxygen atoms in total. The predicted octanol–water partition coefficient (Wildman–Crippen LogP) is -2.79. The van der Waals surface area contributed by atoms with E-state index in [1.165, 1.54) is 6.92 Å². The molecule has 128 valence electrons. The van der Waals surface area contributed by atoms with Crippen LogP contribution in [0, 0.1) is 11.8 Å². The summed E-state index contributed by atoms with van der Waals surface area (Å²) in [5, 5.41) is 24.0. The molecule has 2 saturated carbocycles. The summed E-state index contributed by atoms with van der Waals surface area (Å²) in [5.74, 6) is -2.52. The molecule has 2 rings (SSSR count). The van der Waals surface area contributed by atoms with Gasteiger partial charge in [0, 0.05) is 6.42 Å². The number of carboxylic acids is 1. The Balaban J connectivity index is 0.000000816. The number of aliphatic hydroxyl groups is 1. The molecule has 2 amide bonds. The lowest BCUT2D eigenvalue weighted by atomic mass is 9.92. The van der Waals surface area contributed by atoms with Crippen LogP contribution < -0.4 is 16.4 Å². The van der Waals surface area contributed by atoms with E-state index >= 15 is 0 Å². The zero-order chi connectivity index (χ0) is 17.8. The second-order valence-electron chi connectivity index (χ2n) is 5.62. The van der Waals surface area contributed by atoms with Crippen LogP contribution in [-0.2, 0) is 24.0 Å². The molecule has 2 fully saturated rings. The van der Waals surface area contributed by atoms with Crippen molar-refractivity contribution in [1.29, 1.82) is 0 Å². The Morgan fingerprint density at radius 3 is 2.30 bits per heavy atom. The molecule has 6 N–H and O–H groups in total. The summed E-state index contributed by atoms with van der Waals surface area (Å²) in [7, 11) is 0. The van der Waals surface area contributed by atoms with E-state index in [1.807, 2.05) is 0 Å². The van der Waals surface area contributed by atoms with Crippen molar-refractivity contribution < 1.29 is 34.2 Å². The van der Waals surface area contributed by atoms with E-state index in [0.29, 0.717) is 6.42 Å². The van der Waals surface area contributed by atoms with Crippen LogP contribution in [0.1, 0.15) is 19.8 Å². The molecule has 0 spiro atoms. The first kappa shape index (κ1) is 18.8. The summed E-state index contributed by atoms with van der Waals surface area (Å²) in [5.41, 5.74) is 3.71. The molecule has 0 saturated heterocycles. The van der Waals surface area contributed by atoms with E-state index < -0.39 is 35.5 Å². The Hall–Kier alpha value is -2.29. The van der Waals surface area contributed by atoms with Gasteiger partial charge in [-0.3, -0.25) is 9.59 Å². The van der Waals surface area contributed by atoms with Crippen LogP contribution in [0.2, 0.25) is 0 Å². The van der Waals surface area contributed by atoms with Crippen LogP contribution in [0.4, 0.5) is 0 Å². The van der Waals surface area contributed by atoms with Crippen molar-refractivity contribution in [3.8, 4) is 0 Å². The Morgan fingerprint density at radius 2 is 1.96 bits per heavy atom. The number of amides is 2. The average molecular weight is 329 g/mol. The van der Waals surface area contributed by atoms with Gasteiger partial charge in [0.1, 0.15) is 11.6 Å². The number of fused-ring (bicyclic) bond motifs is 1. The van der Waals surface area contributed by atoms with Crippen molar-refractivity contribution in [2.24, 2.45) is 17.6 Å². The number of hydrogen-bond acceptors (Lipinski definition) is 7. The second-order valence-corrected chi connectivity index (χ2v) is 5.62. The largest absolute Gasteiger partial charge is 0.479 e. The van der Waals surface area contributed by atoms with Gasteiger partial charge in [0.15, 0.2) is 0 Å². The molecule has 23 heavy (non-hydrogen) atoms. The summed E-state index contributed by atoms with van der Waals surface area (Å²) in [6.07, 6.45) is 0.142. The van der Waals surface area contributed by atoms with E-state index in [0.717, 1.165) is 0 Å². The van der Waals surface area contributed by atoms with Crippen LogP contribution in [0.25, 0.3) is 0 Å². The molecular formula is C13H19N3O7. The van der Waals surface area contributed by atoms with Gasteiger partial charge in [0.25, 0.3) is 0 Å². The molecule has 2 aliphatic rings. The molecule has 10 heteroatoms. The maximum atomic E-state index is 12.0. The lowest BCUT2D eigenvalue weighted by Gasteiger charge is -2.29. The Kier molecular flexibility index (Phi) is 5.97. The topological polar surface area (TPSA) is 176 Å². The number of carbonyl (C=O) groups excluding carboxylic acids is 4. The zero-order valence-corrected chi connectivity index (χ0v) is 12.4. The smallest absolute Gasteiger partial charge is 0.373 e. The Bertz CT molecular complexity index is 532. The highest BCUT2D eigenvalue weighted by molar-refractivity contribution is 5.93. The summed E-state index contributed by atoms with van der Waals surface area (Å²) in [6, 6.07) is -0.878. The van der Waals surface area contributed by atoms with Crippen molar-refractivity contribution in [2.75, 3.05) is 6.54 Å². The van der Waals surface area contributed by atoms with Gasteiger partial charge in [-0.1, -0.05) is 0 Å². The lowest BCUT2D eigenvalue weighted by molar-refractivity contribution is -0.191. The molecule has 0 heterocycles. The van der Waals surface area contributed by atoms with Gasteiger partial charge >= 0.3 is 12.1 Å². The molecule has 0 aromatic carbocycles. The molecule has 0 unspecified atom stereocenters. The van der Waals surface area contributed by atoms with Gasteiger partial charge in [-0.25, -0.2) is 4.79 Å². The minimum absolute atomic E-state index is 0.000954. The van der Waals surface area contributed by atoms with Crippen molar-refractivity contribution in [2.45, 2.75) is 37.5 Å². The third-order valence-electron chi connectivity index (χ3n) is 4.18. The van der Waals surface area contributed by atoms with Gasteiger partial charge in [-0.2, -0.15) is 9.59 Å². The number of carboxylic acid groups (broad SMARTS) is 1. The van der Waals surface area contributed by atoms with Crippen molar-refractivity contribution in [1.82, 2.24) is 10.6 Å². The fourth-order valence-electron chi connectivity index (χ4n) is 2.98. The Morgan fingerprint density at radius 1 is 1.39 bits per heavy atom. The van der Waals surface area contributed by atoms with Crippen LogP contribution >= 0.6 is 0 Å². The van der Waals surface area contributed by atoms with Crippen LogP contribution in [0.15, 0.2) is 0 Å². The number of hydrogen-bond donors (Lipinski definition) is 5. The zero-order valence-electron chi connectivity index (χ0n) is 12.4. The van der Waals surface area contributed by atoms with Crippen LogP contribution in [0.3, 0.4) is 0 Å². The molecular weight excluding hydrogens is 310 g/mol. The maximum absolute atomic E-state index is 12.0. The first-order valence-electron chi connectivity index (χ1n) is 6.95. The molecule has 0 aliphatic heterocycles. The monoisotopic (exact) mass is 329 g/mol. The van der Waals surface area contributed by atoms with E-state index in [4.69, 9.17) is 15.3 Å². The maximum Gasteiger partial charge on any atom is 0.373 e. The number of aliphatic hydroxyl groups excluding tert-OH is 1. The molecule has 0 aromatic rings. The standard InChI is InChI=1S/C12H19N3O5.CO2/c1-5(14-9(17)4-13)10(18)15-12(11(19)20)3-8(16)6-2-7(6)12;2-1-3/h5-8,16H,2-4,13H2,1H3,(H,14,17)(H,15,18)(H,19,20);/t5-,6-,7+,8-,12-;/m0./s1. The van der Waals surface area contributed by atoms with Gasteiger partial charge in [0.2, 0.25) is 11.8 Å². The fourth-order valence-corrected chi connectivity index (χ4v) is 2.98. The molecule has 0 radical (unpaired) electrons. The third kappa shape index (κ3) is 3.92. The second kappa shape index (κ2) is 7.32. The van der Waals surface area contributed by atoms with Gasteiger partial charge in [-0.15, -0.1) is 0 Å².